The Labute approximate surface area is 126 Å². The van der Waals surface area contributed by atoms with Crippen LogP contribution >= 0.6 is 0 Å². The summed E-state index contributed by atoms with van der Waals surface area (Å²) >= 11 is 0. The zero-order chi connectivity index (χ0) is 14.8. The highest BCUT2D eigenvalue weighted by atomic mass is 16.2. The van der Waals surface area contributed by atoms with Gasteiger partial charge in [-0.25, -0.2) is 0 Å². The molecule has 0 spiro atoms. The van der Waals surface area contributed by atoms with Crippen LogP contribution in [0.15, 0.2) is 42.5 Å². The van der Waals surface area contributed by atoms with E-state index in [2.05, 4.69) is 47.4 Å². The Hall–Kier alpha value is -1.87. The molecule has 1 aliphatic rings. The highest BCUT2D eigenvalue weighted by molar-refractivity contribution is 5.86. The van der Waals surface area contributed by atoms with E-state index < -0.39 is 0 Å². The molecular weight excluding hydrogens is 260 g/mol. The van der Waals surface area contributed by atoms with Gasteiger partial charge in [-0.1, -0.05) is 42.5 Å². The summed E-state index contributed by atoms with van der Waals surface area (Å²) in [5.74, 6) is 0.229. The molecule has 1 amide bonds. The third-order valence-corrected chi connectivity index (χ3v) is 4.34. The number of benzene rings is 2. The molecule has 0 unspecified atom stereocenters. The van der Waals surface area contributed by atoms with Gasteiger partial charge in [0.1, 0.15) is 0 Å². The second-order valence-corrected chi connectivity index (χ2v) is 6.00. The predicted octanol–water partition coefficient (Wildman–Crippen LogP) is 2.89. The first kappa shape index (κ1) is 14.1. The van der Waals surface area contributed by atoms with Crippen LogP contribution in [0.3, 0.4) is 0 Å². The number of likely N-dealkylation sites (tertiary alicyclic amines) is 1. The predicted molar refractivity (Wildman–Crippen MR) is 86.1 cm³/mol. The number of rotatable bonds is 3. The molecule has 0 N–H and O–H groups in total. The van der Waals surface area contributed by atoms with E-state index in [1.807, 2.05) is 14.1 Å². The minimum atomic E-state index is 0.0407. The van der Waals surface area contributed by atoms with Gasteiger partial charge in [0.25, 0.3) is 0 Å². The Morgan fingerprint density at radius 3 is 2.76 bits per heavy atom. The third-order valence-electron chi connectivity index (χ3n) is 4.34. The van der Waals surface area contributed by atoms with Crippen molar-refractivity contribution in [3.05, 3.63) is 48.0 Å². The Kier molecular flexibility index (Phi) is 3.93. The van der Waals surface area contributed by atoms with Crippen LogP contribution in [0.4, 0.5) is 0 Å². The monoisotopic (exact) mass is 282 g/mol. The molecule has 0 bridgehead atoms. The molecule has 2 aromatic rings. The fourth-order valence-corrected chi connectivity index (χ4v) is 3.24. The number of amides is 1. The summed E-state index contributed by atoms with van der Waals surface area (Å²) in [5.41, 5.74) is 1.31. The van der Waals surface area contributed by atoms with Crippen molar-refractivity contribution in [3.8, 4) is 0 Å². The van der Waals surface area contributed by atoms with Crippen LogP contribution in [0.1, 0.15) is 18.4 Å². The molecule has 3 nitrogen and oxygen atoms in total. The maximum Gasteiger partial charge on any atom is 0.239 e. The van der Waals surface area contributed by atoms with Crippen molar-refractivity contribution in [3.63, 3.8) is 0 Å². The van der Waals surface area contributed by atoms with Gasteiger partial charge in [0.2, 0.25) is 5.91 Å². The summed E-state index contributed by atoms with van der Waals surface area (Å²) in [5, 5.41) is 2.56. The zero-order valence-corrected chi connectivity index (χ0v) is 12.7. The van der Waals surface area contributed by atoms with E-state index in [0.717, 1.165) is 25.9 Å². The first-order valence-electron chi connectivity index (χ1n) is 7.58. The lowest BCUT2D eigenvalue weighted by Crippen LogP contribution is -2.42. The Bertz CT molecular complexity index is 645. The number of likely N-dealkylation sites (N-methyl/N-ethyl adjacent to an activating group) is 1. The van der Waals surface area contributed by atoms with E-state index >= 15 is 0 Å². The molecule has 110 valence electrons. The number of fused-ring (bicyclic) bond motifs is 1. The molecule has 3 rings (SSSR count). The fraction of sp³-hybridized carbons (Fsp3) is 0.389. The van der Waals surface area contributed by atoms with Crippen LogP contribution < -0.4 is 0 Å². The van der Waals surface area contributed by atoms with E-state index in [0.29, 0.717) is 0 Å². The van der Waals surface area contributed by atoms with Crippen LogP contribution in [0.5, 0.6) is 0 Å². The normalized spacial score (nSPS) is 19.0. The number of hydrogen-bond acceptors (Lipinski definition) is 2. The molecule has 0 aliphatic carbocycles. The maximum absolute atomic E-state index is 12.3. The minimum absolute atomic E-state index is 0.0407. The van der Waals surface area contributed by atoms with E-state index in [1.165, 1.54) is 16.3 Å². The maximum atomic E-state index is 12.3. The van der Waals surface area contributed by atoms with E-state index in [1.54, 1.807) is 4.90 Å². The van der Waals surface area contributed by atoms with Gasteiger partial charge in [-0.2, -0.15) is 0 Å². The molecule has 1 heterocycles. The quantitative estimate of drug-likeness (QED) is 0.864. The molecule has 21 heavy (non-hydrogen) atoms. The van der Waals surface area contributed by atoms with Gasteiger partial charge >= 0.3 is 0 Å². The Balaban J connectivity index is 1.86. The Morgan fingerprint density at radius 2 is 1.95 bits per heavy atom. The average molecular weight is 282 g/mol. The van der Waals surface area contributed by atoms with Crippen molar-refractivity contribution in [2.45, 2.75) is 25.4 Å². The molecular formula is C18H22N2O. The number of nitrogens with zero attached hydrogens (tertiary/aromatic N) is 2. The molecule has 0 saturated carbocycles. The largest absolute Gasteiger partial charge is 0.347 e. The van der Waals surface area contributed by atoms with Gasteiger partial charge < -0.3 is 4.90 Å². The van der Waals surface area contributed by atoms with Crippen molar-refractivity contribution in [2.75, 3.05) is 20.6 Å². The van der Waals surface area contributed by atoms with Crippen molar-refractivity contribution in [1.29, 1.82) is 0 Å². The van der Waals surface area contributed by atoms with Gasteiger partial charge in [0, 0.05) is 20.6 Å². The standard InChI is InChI=1S/C18H22N2O/c1-19(2)18(21)17-11-6-12-20(17)13-15-9-5-8-14-7-3-4-10-16(14)15/h3-5,7-10,17H,6,11-13H2,1-2H3/t17-/m0/s1. The van der Waals surface area contributed by atoms with E-state index in [-0.39, 0.29) is 11.9 Å². The summed E-state index contributed by atoms with van der Waals surface area (Å²) in [7, 11) is 3.69. The van der Waals surface area contributed by atoms with E-state index in [4.69, 9.17) is 0 Å². The van der Waals surface area contributed by atoms with Crippen molar-refractivity contribution in [1.82, 2.24) is 9.80 Å². The summed E-state index contributed by atoms with van der Waals surface area (Å²) in [6.45, 7) is 1.86. The minimum Gasteiger partial charge on any atom is -0.347 e. The summed E-state index contributed by atoms with van der Waals surface area (Å²) < 4.78 is 0. The zero-order valence-electron chi connectivity index (χ0n) is 12.7. The highest BCUT2D eigenvalue weighted by Gasteiger charge is 2.31. The SMILES string of the molecule is CN(C)C(=O)[C@@H]1CCCN1Cc1cccc2ccccc12. The number of carbonyl (C=O) groups is 1. The summed E-state index contributed by atoms with van der Waals surface area (Å²) in [6, 6.07) is 14.9. The second-order valence-electron chi connectivity index (χ2n) is 6.00. The van der Waals surface area contributed by atoms with Gasteiger partial charge in [-0.3, -0.25) is 9.69 Å². The lowest BCUT2D eigenvalue weighted by atomic mass is 10.0. The van der Waals surface area contributed by atoms with E-state index in [9.17, 15) is 4.79 Å². The highest BCUT2D eigenvalue weighted by Crippen LogP contribution is 2.25. The Morgan fingerprint density at radius 1 is 1.19 bits per heavy atom. The van der Waals surface area contributed by atoms with Crippen molar-refractivity contribution < 1.29 is 4.79 Å². The smallest absolute Gasteiger partial charge is 0.239 e. The summed E-state index contributed by atoms with van der Waals surface area (Å²) in [4.78, 5) is 16.3. The second kappa shape index (κ2) is 5.86. The fourth-order valence-electron chi connectivity index (χ4n) is 3.24. The molecule has 3 heteroatoms. The van der Waals surface area contributed by atoms with Crippen LogP contribution in [0, 0.1) is 0 Å². The lowest BCUT2D eigenvalue weighted by Gasteiger charge is -2.26. The van der Waals surface area contributed by atoms with Crippen molar-refractivity contribution >= 4 is 16.7 Å². The lowest BCUT2D eigenvalue weighted by molar-refractivity contribution is -0.133. The van der Waals surface area contributed by atoms with Gasteiger partial charge in [-0.05, 0) is 35.7 Å². The topological polar surface area (TPSA) is 23.6 Å². The molecule has 1 aliphatic heterocycles. The average Bonchev–Trinajstić information content (AvgIpc) is 2.95. The molecule has 0 radical (unpaired) electrons. The van der Waals surface area contributed by atoms with Crippen LogP contribution in [-0.4, -0.2) is 42.4 Å². The van der Waals surface area contributed by atoms with Gasteiger partial charge in [-0.15, -0.1) is 0 Å². The first-order chi connectivity index (χ1) is 10.2. The van der Waals surface area contributed by atoms with Crippen LogP contribution in [-0.2, 0) is 11.3 Å². The van der Waals surface area contributed by atoms with Crippen LogP contribution in [0.25, 0.3) is 10.8 Å². The first-order valence-corrected chi connectivity index (χ1v) is 7.58. The molecule has 1 atom stereocenters. The summed E-state index contributed by atoms with van der Waals surface area (Å²) in [6.07, 6.45) is 2.08. The van der Waals surface area contributed by atoms with Gasteiger partial charge in [0.15, 0.2) is 0 Å². The number of carbonyl (C=O) groups excluding carboxylic acids is 1. The van der Waals surface area contributed by atoms with Crippen LogP contribution in [0.2, 0.25) is 0 Å². The molecule has 1 saturated heterocycles. The third kappa shape index (κ3) is 2.79. The molecule has 1 fully saturated rings. The molecule has 2 aromatic carbocycles. The molecule has 0 aromatic heterocycles. The number of hydrogen-bond donors (Lipinski definition) is 0. The van der Waals surface area contributed by atoms with Crippen molar-refractivity contribution in [2.24, 2.45) is 0 Å². The van der Waals surface area contributed by atoms with Gasteiger partial charge in [0.05, 0.1) is 6.04 Å².